The molecule has 0 fully saturated rings. The van der Waals surface area contributed by atoms with E-state index in [0.717, 1.165) is 17.7 Å². The maximum absolute atomic E-state index is 12.6. The molecule has 0 N–H and O–H groups in total. The van der Waals surface area contributed by atoms with Gasteiger partial charge in [0.25, 0.3) is 0 Å². The molecule has 1 rings (SSSR count). The van der Waals surface area contributed by atoms with Gasteiger partial charge in [-0.05, 0) is 29.9 Å². The Morgan fingerprint density at radius 3 is 2.73 bits per heavy atom. The van der Waals surface area contributed by atoms with Crippen molar-refractivity contribution in [1.82, 2.24) is 0 Å². The second kappa shape index (κ2) is 3.98. The van der Waals surface area contributed by atoms with E-state index in [9.17, 15) is 4.39 Å². The lowest BCUT2D eigenvalue weighted by Crippen LogP contribution is -1.86. The molecule has 1 aromatic rings. The van der Waals surface area contributed by atoms with E-state index in [1.54, 1.807) is 12.1 Å². The number of rotatable bonds is 2. The summed E-state index contributed by atoms with van der Waals surface area (Å²) in [5.41, 5.74) is 1.02. The summed E-state index contributed by atoms with van der Waals surface area (Å²) in [4.78, 5) is 0. The maximum Gasteiger partial charge on any atom is 0.141 e. The first-order valence-electron chi connectivity index (χ1n) is 3.29. The number of benzene rings is 1. The zero-order valence-electron chi connectivity index (χ0n) is 5.85. The van der Waals surface area contributed by atoms with E-state index in [0.29, 0.717) is 0 Å². The second-order valence-corrected chi connectivity index (χ2v) is 3.08. The van der Waals surface area contributed by atoms with Gasteiger partial charge in [0.2, 0.25) is 0 Å². The highest BCUT2D eigenvalue weighted by Crippen LogP contribution is 2.16. The van der Waals surface area contributed by atoms with Crippen LogP contribution in [0.5, 0.6) is 0 Å². The fourth-order valence-electron chi connectivity index (χ4n) is 0.824. The molecule has 1 aromatic carbocycles. The Hall–Kier alpha value is -0.210. The highest BCUT2D eigenvalue weighted by Gasteiger charge is 1.98. The lowest BCUT2D eigenvalue weighted by Gasteiger charge is -1.98. The minimum atomic E-state index is -0.366. The molecule has 0 aliphatic carbocycles. The van der Waals surface area contributed by atoms with Crippen LogP contribution in [0.25, 0.3) is 0 Å². The van der Waals surface area contributed by atoms with Crippen LogP contribution in [-0.4, -0.2) is 5.75 Å². The average Bonchev–Trinajstić information content (AvgIpc) is 1.98. The fourth-order valence-corrected chi connectivity index (χ4v) is 1.29. The molecule has 0 saturated heterocycles. The lowest BCUT2D eigenvalue weighted by molar-refractivity contribution is 0.627. The first-order valence-corrected chi connectivity index (χ1v) is 4.30. The summed E-state index contributed by atoms with van der Waals surface area (Å²) < 4.78 is 12.6. The largest absolute Gasteiger partial charge is 0.205 e. The highest BCUT2D eigenvalue weighted by molar-refractivity contribution is 7.80. The molecule has 0 radical (unpaired) electrons. The standard InChI is InChI=1S/C8H8ClFS/c9-7-5-6(3-4-11)1-2-8(7)10/h1-2,5,11H,3-4H2. The third kappa shape index (κ3) is 2.38. The van der Waals surface area contributed by atoms with Crippen LogP contribution in [0.1, 0.15) is 5.56 Å². The molecule has 0 nitrogen and oxygen atoms in total. The number of halogens is 2. The molecular formula is C8H8ClFS. The van der Waals surface area contributed by atoms with Gasteiger partial charge in [-0.2, -0.15) is 12.6 Å². The third-order valence-corrected chi connectivity index (χ3v) is 1.90. The van der Waals surface area contributed by atoms with Crippen LogP contribution in [0.3, 0.4) is 0 Å². The minimum absolute atomic E-state index is 0.185. The van der Waals surface area contributed by atoms with Gasteiger partial charge < -0.3 is 0 Å². The summed E-state index contributed by atoms with van der Waals surface area (Å²) in [6.07, 6.45) is 0.823. The number of thiol groups is 1. The van der Waals surface area contributed by atoms with Crippen molar-refractivity contribution in [3.63, 3.8) is 0 Å². The van der Waals surface area contributed by atoms with E-state index in [1.165, 1.54) is 6.07 Å². The Morgan fingerprint density at radius 2 is 2.18 bits per heavy atom. The van der Waals surface area contributed by atoms with E-state index < -0.39 is 0 Å². The molecule has 0 aromatic heterocycles. The third-order valence-electron chi connectivity index (χ3n) is 1.38. The van der Waals surface area contributed by atoms with Gasteiger partial charge in [-0.3, -0.25) is 0 Å². The van der Waals surface area contributed by atoms with E-state index in [-0.39, 0.29) is 10.8 Å². The van der Waals surface area contributed by atoms with Gasteiger partial charge in [-0.25, -0.2) is 4.39 Å². The number of hydrogen-bond donors (Lipinski definition) is 1. The monoisotopic (exact) mass is 190 g/mol. The van der Waals surface area contributed by atoms with Crippen LogP contribution in [-0.2, 0) is 6.42 Å². The van der Waals surface area contributed by atoms with Crippen molar-refractivity contribution in [3.8, 4) is 0 Å². The molecule has 0 saturated carbocycles. The van der Waals surface area contributed by atoms with Crippen molar-refractivity contribution in [1.29, 1.82) is 0 Å². The van der Waals surface area contributed by atoms with E-state index in [4.69, 9.17) is 11.6 Å². The fraction of sp³-hybridized carbons (Fsp3) is 0.250. The molecule has 0 heterocycles. The zero-order chi connectivity index (χ0) is 8.27. The van der Waals surface area contributed by atoms with E-state index in [1.807, 2.05) is 0 Å². The topological polar surface area (TPSA) is 0 Å². The molecule has 0 atom stereocenters. The SMILES string of the molecule is Fc1ccc(CCS)cc1Cl. The van der Waals surface area contributed by atoms with Crippen molar-refractivity contribution in [2.45, 2.75) is 6.42 Å². The molecule has 0 bridgehead atoms. The van der Waals surface area contributed by atoms with E-state index in [2.05, 4.69) is 12.6 Å². The summed E-state index contributed by atoms with van der Waals surface area (Å²) in [7, 11) is 0. The molecule has 0 amide bonds. The first-order chi connectivity index (χ1) is 5.24. The Bertz CT molecular complexity index is 250. The van der Waals surface area contributed by atoms with Gasteiger partial charge in [-0.15, -0.1) is 0 Å². The van der Waals surface area contributed by atoms with Gasteiger partial charge in [0, 0.05) is 0 Å². The summed E-state index contributed by atoms with van der Waals surface area (Å²) >= 11 is 9.60. The van der Waals surface area contributed by atoms with Crippen LogP contribution in [0.15, 0.2) is 18.2 Å². The summed E-state index contributed by atoms with van der Waals surface area (Å²) in [5.74, 6) is 0.386. The molecule has 0 aliphatic heterocycles. The first kappa shape index (κ1) is 8.88. The average molecular weight is 191 g/mol. The molecule has 0 spiro atoms. The van der Waals surface area contributed by atoms with Crippen LogP contribution >= 0.6 is 24.2 Å². The Kier molecular flexibility index (Phi) is 3.21. The Morgan fingerprint density at radius 1 is 1.45 bits per heavy atom. The summed E-state index contributed by atoms with van der Waals surface area (Å²) in [6, 6.07) is 4.73. The van der Waals surface area contributed by atoms with Crippen molar-refractivity contribution in [2.24, 2.45) is 0 Å². The van der Waals surface area contributed by atoms with Crippen LogP contribution in [0.4, 0.5) is 4.39 Å². The van der Waals surface area contributed by atoms with Crippen LogP contribution in [0.2, 0.25) is 5.02 Å². The molecule has 11 heavy (non-hydrogen) atoms. The van der Waals surface area contributed by atoms with Gasteiger partial charge >= 0.3 is 0 Å². The molecular weight excluding hydrogens is 183 g/mol. The van der Waals surface area contributed by atoms with Crippen molar-refractivity contribution in [2.75, 3.05) is 5.75 Å². The van der Waals surface area contributed by atoms with Crippen LogP contribution < -0.4 is 0 Å². The quantitative estimate of drug-likeness (QED) is 0.682. The predicted octanol–water partition coefficient (Wildman–Crippen LogP) is 2.95. The molecule has 60 valence electrons. The van der Waals surface area contributed by atoms with Gasteiger partial charge in [0.1, 0.15) is 5.82 Å². The van der Waals surface area contributed by atoms with Crippen LogP contribution in [0, 0.1) is 5.82 Å². The van der Waals surface area contributed by atoms with Gasteiger partial charge in [0.15, 0.2) is 0 Å². The van der Waals surface area contributed by atoms with Crippen molar-refractivity contribution in [3.05, 3.63) is 34.6 Å². The molecule has 3 heteroatoms. The number of aryl methyl sites for hydroxylation is 1. The molecule has 0 aliphatic rings. The van der Waals surface area contributed by atoms with Gasteiger partial charge in [-0.1, -0.05) is 17.7 Å². The summed E-state index contributed by atoms with van der Waals surface area (Å²) in [5, 5.41) is 0.185. The lowest BCUT2D eigenvalue weighted by atomic mass is 10.2. The minimum Gasteiger partial charge on any atom is -0.205 e. The second-order valence-electron chi connectivity index (χ2n) is 2.22. The Balaban J connectivity index is 2.86. The Labute approximate surface area is 75.8 Å². The maximum atomic E-state index is 12.6. The van der Waals surface area contributed by atoms with Crippen molar-refractivity contribution < 1.29 is 4.39 Å². The summed E-state index contributed by atoms with van der Waals surface area (Å²) in [6.45, 7) is 0. The van der Waals surface area contributed by atoms with Crippen molar-refractivity contribution >= 4 is 24.2 Å². The molecule has 0 unspecified atom stereocenters. The van der Waals surface area contributed by atoms with E-state index >= 15 is 0 Å². The zero-order valence-corrected chi connectivity index (χ0v) is 7.50. The normalized spacial score (nSPS) is 10.1. The highest BCUT2D eigenvalue weighted by atomic mass is 35.5. The number of hydrogen-bond acceptors (Lipinski definition) is 1. The smallest absolute Gasteiger partial charge is 0.141 e. The van der Waals surface area contributed by atoms with Gasteiger partial charge in [0.05, 0.1) is 5.02 Å². The predicted molar refractivity (Wildman–Crippen MR) is 49.0 cm³/mol.